The molecule has 1 aliphatic carbocycles. The molecule has 2 aliphatic heterocycles. The number of nitrogens with zero attached hydrogens (tertiary/aromatic N) is 3. The first-order valence-corrected chi connectivity index (χ1v) is 11.8. The first-order valence-electron chi connectivity index (χ1n) is 11.8. The average molecular weight is 457 g/mol. The second-order valence-corrected chi connectivity index (χ2v) is 9.02. The highest BCUT2D eigenvalue weighted by molar-refractivity contribution is 6.05. The van der Waals surface area contributed by atoms with Crippen molar-refractivity contribution in [2.45, 2.75) is 32.1 Å². The summed E-state index contributed by atoms with van der Waals surface area (Å²) in [5, 5.41) is 2.81. The largest absolute Gasteiger partial charge is 0.378 e. The third-order valence-corrected chi connectivity index (χ3v) is 6.82. The van der Waals surface area contributed by atoms with Gasteiger partial charge in [0.05, 0.1) is 31.6 Å². The highest BCUT2D eigenvalue weighted by Crippen LogP contribution is 2.38. The van der Waals surface area contributed by atoms with Crippen LogP contribution in [0.3, 0.4) is 0 Å². The van der Waals surface area contributed by atoms with Crippen molar-refractivity contribution < 1.29 is 23.9 Å². The fourth-order valence-corrected chi connectivity index (χ4v) is 4.93. The number of fused-ring (bicyclic) bond motifs is 1. The van der Waals surface area contributed by atoms with E-state index in [4.69, 9.17) is 4.74 Å². The van der Waals surface area contributed by atoms with E-state index in [1.165, 1.54) is 9.80 Å². The van der Waals surface area contributed by atoms with Crippen molar-refractivity contribution in [1.82, 2.24) is 9.80 Å². The molecule has 33 heavy (non-hydrogen) atoms. The number of likely N-dealkylation sites (tertiary alicyclic amines) is 1. The Morgan fingerprint density at radius 1 is 1.03 bits per heavy atom. The highest BCUT2D eigenvalue weighted by atomic mass is 16.5. The van der Waals surface area contributed by atoms with Gasteiger partial charge in [-0.3, -0.25) is 24.1 Å². The molecule has 0 bridgehead atoms. The Morgan fingerprint density at radius 3 is 2.24 bits per heavy atom. The number of amides is 4. The Morgan fingerprint density at radius 2 is 1.64 bits per heavy atom. The third kappa shape index (κ3) is 5.35. The van der Waals surface area contributed by atoms with Crippen LogP contribution in [0.4, 0.5) is 11.4 Å². The van der Waals surface area contributed by atoms with Gasteiger partial charge in [-0.25, -0.2) is 0 Å². The summed E-state index contributed by atoms with van der Waals surface area (Å²) in [6.07, 6.45) is 3.48. The maximum atomic E-state index is 12.5. The SMILES string of the molecule is CN(CC(=O)Nc1ccc(N2CCOCC2)cc1)C(=O)CCN1C(=O)C2CCCCC2C1=O. The summed E-state index contributed by atoms with van der Waals surface area (Å²) in [5.74, 6) is -1.27. The summed E-state index contributed by atoms with van der Waals surface area (Å²) in [6, 6.07) is 7.60. The summed E-state index contributed by atoms with van der Waals surface area (Å²) in [4.78, 5) is 54.8. The summed E-state index contributed by atoms with van der Waals surface area (Å²) in [6.45, 7) is 3.08. The van der Waals surface area contributed by atoms with Gasteiger partial charge in [0.15, 0.2) is 0 Å². The molecule has 178 valence electrons. The summed E-state index contributed by atoms with van der Waals surface area (Å²) >= 11 is 0. The van der Waals surface area contributed by atoms with E-state index in [-0.39, 0.29) is 55.0 Å². The number of ether oxygens (including phenoxy) is 1. The minimum atomic E-state index is -0.302. The number of rotatable bonds is 7. The molecular weight excluding hydrogens is 424 g/mol. The molecule has 1 N–H and O–H groups in total. The van der Waals surface area contributed by atoms with E-state index >= 15 is 0 Å². The molecule has 0 radical (unpaired) electrons. The molecule has 4 amide bonds. The molecule has 3 fully saturated rings. The van der Waals surface area contributed by atoms with Crippen LogP contribution in [-0.2, 0) is 23.9 Å². The van der Waals surface area contributed by atoms with Crippen molar-refractivity contribution in [2.75, 3.05) is 56.7 Å². The molecule has 1 aromatic carbocycles. The van der Waals surface area contributed by atoms with E-state index in [9.17, 15) is 19.2 Å². The molecule has 1 aromatic rings. The molecule has 9 nitrogen and oxygen atoms in total. The van der Waals surface area contributed by atoms with Crippen LogP contribution >= 0.6 is 0 Å². The van der Waals surface area contributed by atoms with Gasteiger partial charge in [-0.15, -0.1) is 0 Å². The van der Waals surface area contributed by atoms with Crippen molar-refractivity contribution in [3.63, 3.8) is 0 Å². The lowest BCUT2D eigenvalue weighted by atomic mass is 9.81. The summed E-state index contributed by atoms with van der Waals surface area (Å²) in [5.41, 5.74) is 1.74. The number of morpholine rings is 1. The number of carbonyl (C=O) groups is 4. The Bertz CT molecular complexity index is 873. The second kappa shape index (κ2) is 10.3. The van der Waals surface area contributed by atoms with Gasteiger partial charge in [0, 0.05) is 44.5 Å². The van der Waals surface area contributed by atoms with Gasteiger partial charge in [-0.1, -0.05) is 12.8 Å². The predicted octanol–water partition coefficient (Wildman–Crippen LogP) is 1.49. The lowest BCUT2D eigenvalue weighted by Gasteiger charge is -2.28. The van der Waals surface area contributed by atoms with Crippen molar-refractivity contribution in [1.29, 1.82) is 0 Å². The highest BCUT2D eigenvalue weighted by Gasteiger charge is 2.47. The van der Waals surface area contributed by atoms with E-state index in [1.54, 1.807) is 7.05 Å². The van der Waals surface area contributed by atoms with Crippen LogP contribution in [-0.4, -0.2) is 79.9 Å². The molecule has 0 aromatic heterocycles. The van der Waals surface area contributed by atoms with E-state index < -0.39 is 0 Å². The molecule has 1 saturated carbocycles. The Labute approximate surface area is 194 Å². The Hall–Kier alpha value is -2.94. The van der Waals surface area contributed by atoms with E-state index in [0.29, 0.717) is 18.9 Å². The van der Waals surface area contributed by atoms with Gasteiger partial charge < -0.3 is 19.9 Å². The topological polar surface area (TPSA) is 99.3 Å². The van der Waals surface area contributed by atoms with Crippen LogP contribution in [0.15, 0.2) is 24.3 Å². The zero-order chi connectivity index (χ0) is 23.4. The fraction of sp³-hybridized carbons (Fsp3) is 0.583. The molecule has 3 aliphatic rings. The van der Waals surface area contributed by atoms with Gasteiger partial charge in [0.25, 0.3) is 0 Å². The van der Waals surface area contributed by atoms with Crippen LogP contribution in [0, 0.1) is 11.8 Å². The molecule has 4 rings (SSSR count). The number of imide groups is 1. The van der Waals surface area contributed by atoms with Crippen molar-refractivity contribution in [2.24, 2.45) is 11.8 Å². The molecular formula is C24H32N4O5. The number of hydrogen-bond donors (Lipinski definition) is 1. The Kier molecular flexibility index (Phi) is 7.27. The van der Waals surface area contributed by atoms with Crippen LogP contribution in [0.25, 0.3) is 0 Å². The lowest BCUT2D eigenvalue weighted by Crippen LogP contribution is -2.38. The van der Waals surface area contributed by atoms with Crippen LogP contribution in [0.1, 0.15) is 32.1 Å². The third-order valence-electron chi connectivity index (χ3n) is 6.82. The van der Waals surface area contributed by atoms with Crippen LogP contribution < -0.4 is 10.2 Å². The smallest absolute Gasteiger partial charge is 0.243 e. The maximum Gasteiger partial charge on any atom is 0.243 e. The molecule has 2 saturated heterocycles. The van der Waals surface area contributed by atoms with Gasteiger partial charge in [-0.05, 0) is 37.1 Å². The van der Waals surface area contributed by atoms with E-state index in [2.05, 4.69) is 10.2 Å². The number of anilines is 2. The molecule has 0 spiro atoms. The minimum Gasteiger partial charge on any atom is -0.378 e. The lowest BCUT2D eigenvalue weighted by molar-refractivity contribution is -0.141. The monoisotopic (exact) mass is 456 g/mol. The maximum absolute atomic E-state index is 12.5. The van der Waals surface area contributed by atoms with Gasteiger partial charge in [0.1, 0.15) is 0 Å². The molecule has 2 unspecified atom stereocenters. The number of nitrogens with one attached hydrogen (secondary N) is 1. The first-order chi connectivity index (χ1) is 15.9. The first kappa shape index (κ1) is 23.2. The fourth-order valence-electron chi connectivity index (χ4n) is 4.93. The summed E-state index contributed by atoms with van der Waals surface area (Å²) in [7, 11) is 1.55. The number of carbonyl (C=O) groups excluding carboxylic acids is 4. The molecule has 2 heterocycles. The number of likely N-dealkylation sites (N-methyl/N-ethyl adjacent to an activating group) is 1. The summed E-state index contributed by atoms with van der Waals surface area (Å²) < 4.78 is 5.37. The number of benzene rings is 1. The van der Waals surface area contributed by atoms with Crippen molar-refractivity contribution in [3.8, 4) is 0 Å². The second-order valence-electron chi connectivity index (χ2n) is 9.02. The van der Waals surface area contributed by atoms with Crippen molar-refractivity contribution >= 4 is 35.0 Å². The quantitative estimate of drug-likeness (QED) is 0.624. The van der Waals surface area contributed by atoms with Gasteiger partial charge in [-0.2, -0.15) is 0 Å². The molecule has 2 atom stereocenters. The minimum absolute atomic E-state index is 0.0228. The van der Waals surface area contributed by atoms with Gasteiger partial charge in [0.2, 0.25) is 23.6 Å². The molecule has 9 heteroatoms. The predicted molar refractivity (Wildman–Crippen MR) is 123 cm³/mol. The zero-order valence-corrected chi connectivity index (χ0v) is 19.1. The van der Waals surface area contributed by atoms with Crippen molar-refractivity contribution in [3.05, 3.63) is 24.3 Å². The van der Waals surface area contributed by atoms with Crippen LogP contribution in [0.2, 0.25) is 0 Å². The van der Waals surface area contributed by atoms with Gasteiger partial charge >= 0.3 is 0 Å². The average Bonchev–Trinajstić information content (AvgIpc) is 3.08. The van der Waals surface area contributed by atoms with E-state index in [0.717, 1.165) is 44.5 Å². The number of hydrogen-bond acceptors (Lipinski definition) is 6. The van der Waals surface area contributed by atoms with E-state index in [1.807, 2.05) is 24.3 Å². The Balaban J connectivity index is 1.22. The zero-order valence-electron chi connectivity index (χ0n) is 19.1. The van der Waals surface area contributed by atoms with Crippen LogP contribution in [0.5, 0.6) is 0 Å². The standard InChI is InChI=1S/C24H32N4O5/c1-26(22(30)10-11-28-23(31)19-4-2-3-5-20(19)24(28)32)16-21(29)25-17-6-8-18(9-7-17)27-12-14-33-15-13-27/h6-9,19-20H,2-5,10-16H2,1H3,(H,25,29). The normalized spacial score (nSPS) is 22.8.